The summed E-state index contributed by atoms with van der Waals surface area (Å²) in [6.07, 6.45) is -0.984. The van der Waals surface area contributed by atoms with E-state index in [1.807, 2.05) is 4.72 Å². The summed E-state index contributed by atoms with van der Waals surface area (Å²) in [7, 11) is -4.44. The first-order valence-electron chi connectivity index (χ1n) is 9.28. The maximum Gasteiger partial charge on any atom is 0.343 e. The SMILES string of the molecule is NC(N)=Nc1ccc(C(=O)Oc2ccc(CNS(=O)(=O)NC(CC(=O)O)C(=O)O)cc2F)cc1. The molecule has 2 aromatic carbocycles. The minimum atomic E-state index is -4.44. The molecule has 1 atom stereocenters. The maximum atomic E-state index is 14.4. The van der Waals surface area contributed by atoms with Gasteiger partial charge in [-0.2, -0.15) is 17.9 Å². The molecular weight excluding hydrogens is 477 g/mol. The minimum absolute atomic E-state index is 0.0891. The van der Waals surface area contributed by atoms with E-state index in [9.17, 15) is 27.2 Å². The number of carboxylic acid groups (broad SMARTS) is 2. The normalized spacial score (nSPS) is 11.9. The van der Waals surface area contributed by atoms with Crippen molar-refractivity contribution < 1.29 is 42.1 Å². The van der Waals surface area contributed by atoms with E-state index in [2.05, 4.69) is 4.99 Å². The zero-order valence-electron chi connectivity index (χ0n) is 17.3. The topological polar surface area (TPSA) is 223 Å². The minimum Gasteiger partial charge on any atom is -0.481 e. The van der Waals surface area contributed by atoms with Gasteiger partial charge in [-0.05, 0) is 42.0 Å². The fourth-order valence-electron chi connectivity index (χ4n) is 2.48. The highest BCUT2D eigenvalue weighted by Gasteiger charge is 2.26. The second-order valence-corrected chi connectivity index (χ2v) is 8.20. The number of nitrogens with one attached hydrogen (secondary N) is 2. The van der Waals surface area contributed by atoms with Crippen LogP contribution in [0.2, 0.25) is 0 Å². The Labute approximate surface area is 192 Å². The van der Waals surface area contributed by atoms with E-state index in [4.69, 9.17) is 26.4 Å². The summed E-state index contributed by atoms with van der Waals surface area (Å²) in [5, 5.41) is 17.6. The molecule has 13 nitrogen and oxygen atoms in total. The third-order valence-corrected chi connectivity index (χ3v) is 5.12. The van der Waals surface area contributed by atoms with Crippen LogP contribution in [0.5, 0.6) is 5.75 Å². The molecule has 182 valence electrons. The van der Waals surface area contributed by atoms with Crippen LogP contribution >= 0.6 is 0 Å². The Morgan fingerprint density at radius 2 is 1.74 bits per heavy atom. The van der Waals surface area contributed by atoms with Gasteiger partial charge in [0.2, 0.25) is 0 Å². The molecule has 0 aliphatic rings. The van der Waals surface area contributed by atoms with Crippen molar-refractivity contribution in [1.82, 2.24) is 9.44 Å². The summed E-state index contributed by atoms with van der Waals surface area (Å²) in [5.74, 6) is -5.63. The lowest BCUT2D eigenvalue weighted by molar-refractivity contribution is -0.145. The van der Waals surface area contributed by atoms with Gasteiger partial charge in [-0.1, -0.05) is 6.07 Å². The monoisotopic (exact) mass is 497 g/mol. The number of nitrogens with two attached hydrogens (primary N) is 2. The second kappa shape index (κ2) is 11.2. The van der Waals surface area contributed by atoms with Crippen LogP contribution in [-0.2, 0) is 26.3 Å². The molecule has 0 bridgehead atoms. The number of guanidine groups is 1. The predicted molar refractivity (Wildman–Crippen MR) is 116 cm³/mol. The van der Waals surface area contributed by atoms with Crippen molar-refractivity contribution in [2.24, 2.45) is 16.5 Å². The van der Waals surface area contributed by atoms with Crippen LogP contribution in [0.4, 0.5) is 10.1 Å². The molecule has 15 heteroatoms. The average Bonchev–Trinajstić information content (AvgIpc) is 2.73. The number of halogens is 1. The molecule has 0 saturated heterocycles. The first-order chi connectivity index (χ1) is 15.9. The summed E-state index contributed by atoms with van der Waals surface area (Å²) in [5.41, 5.74) is 11.1. The molecule has 8 N–H and O–H groups in total. The van der Waals surface area contributed by atoms with Gasteiger partial charge in [0.15, 0.2) is 17.5 Å². The van der Waals surface area contributed by atoms with E-state index < -0.39 is 58.7 Å². The van der Waals surface area contributed by atoms with Gasteiger partial charge in [0.25, 0.3) is 10.2 Å². The molecule has 2 aromatic rings. The largest absolute Gasteiger partial charge is 0.481 e. The lowest BCUT2D eigenvalue weighted by Gasteiger charge is -2.14. The van der Waals surface area contributed by atoms with E-state index in [1.165, 1.54) is 30.3 Å². The van der Waals surface area contributed by atoms with Crippen LogP contribution in [-0.4, -0.2) is 48.5 Å². The molecule has 0 heterocycles. The van der Waals surface area contributed by atoms with Crippen LogP contribution in [0.1, 0.15) is 22.3 Å². The predicted octanol–water partition coefficient (Wildman–Crippen LogP) is -0.198. The quantitative estimate of drug-likeness (QED) is 0.104. The molecule has 0 aliphatic heterocycles. The standard InChI is InChI=1S/C19H20FN5O8S/c20-13-7-10(9-23-34(31,32)25-14(17(28)29)8-16(26)27)1-6-15(13)33-18(30)11-2-4-12(5-3-11)24-19(21)22/h1-7,14,23,25H,8-9H2,(H,26,27)(H,28,29)(H4,21,22,24). The van der Waals surface area contributed by atoms with E-state index >= 15 is 0 Å². The molecule has 2 rings (SSSR count). The Balaban J connectivity index is 2.01. The molecule has 0 fully saturated rings. The highest BCUT2D eigenvalue weighted by Crippen LogP contribution is 2.21. The summed E-state index contributed by atoms with van der Waals surface area (Å²) >= 11 is 0. The molecule has 0 spiro atoms. The van der Waals surface area contributed by atoms with Crippen molar-refractivity contribution in [1.29, 1.82) is 0 Å². The Morgan fingerprint density at radius 3 is 2.26 bits per heavy atom. The van der Waals surface area contributed by atoms with Crippen molar-refractivity contribution >= 4 is 39.8 Å². The molecule has 0 radical (unpaired) electrons. The molecule has 0 aliphatic carbocycles. The fourth-order valence-corrected chi connectivity index (χ4v) is 3.48. The third kappa shape index (κ3) is 8.12. The summed E-state index contributed by atoms with van der Waals surface area (Å²) < 4.78 is 46.9. The Kier molecular flexibility index (Phi) is 8.60. The lowest BCUT2D eigenvalue weighted by atomic mass is 10.2. The average molecular weight is 497 g/mol. The van der Waals surface area contributed by atoms with Crippen LogP contribution in [0.3, 0.4) is 0 Å². The zero-order valence-corrected chi connectivity index (χ0v) is 18.1. The molecule has 0 amide bonds. The number of nitrogens with zero attached hydrogens (tertiary/aromatic N) is 1. The first-order valence-corrected chi connectivity index (χ1v) is 10.8. The Morgan fingerprint density at radius 1 is 1.09 bits per heavy atom. The van der Waals surface area contributed by atoms with Gasteiger partial charge in [0.05, 0.1) is 17.7 Å². The van der Waals surface area contributed by atoms with Crippen LogP contribution in [0, 0.1) is 5.82 Å². The second-order valence-electron chi connectivity index (χ2n) is 6.67. The van der Waals surface area contributed by atoms with Crippen molar-refractivity contribution in [3.05, 3.63) is 59.4 Å². The number of aliphatic imine (C=N–C) groups is 1. The number of carbonyl (C=O) groups excluding carboxylic acids is 1. The van der Waals surface area contributed by atoms with Crippen molar-refractivity contribution in [3.8, 4) is 5.75 Å². The molecule has 34 heavy (non-hydrogen) atoms. The van der Waals surface area contributed by atoms with Gasteiger partial charge in [-0.25, -0.2) is 14.2 Å². The highest BCUT2D eigenvalue weighted by molar-refractivity contribution is 7.87. The van der Waals surface area contributed by atoms with Gasteiger partial charge >= 0.3 is 17.9 Å². The highest BCUT2D eigenvalue weighted by atomic mass is 32.2. The number of esters is 1. The van der Waals surface area contributed by atoms with Gasteiger partial charge in [0.1, 0.15) is 6.04 Å². The molecule has 0 saturated carbocycles. The van der Waals surface area contributed by atoms with Gasteiger partial charge < -0.3 is 26.4 Å². The summed E-state index contributed by atoms with van der Waals surface area (Å²) in [6, 6.07) is 6.99. The maximum absolute atomic E-state index is 14.4. The van der Waals surface area contributed by atoms with Crippen molar-refractivity contribution in [2.75, 3.05) is 0 Å². The van der Waals surface area contributed by atoms with Gasteiger partial charge in [-0.15, -0.1) is 0 Å². The fraction of sp³-hybridized carbons (Fsp3) is 0.158. The number of benzene rings is 2. The summed E-state index contributed by atoms with van der Waals surface area (Å²) in [6.45, 7) is -0.466. The Hall–Kier alpha value is -4.08. The number of hydrogen-bond donors (Lipinski definition) is 6. The number of rotatable bonds is 11. The van der Waals surface area contributed by atoms with Gasteiger partial charge in [0, 0.05) is 6.54 Å². The third-order valence-electron chi connectivity index (χ3n) is 4.00. The first kappa shape index (κ1) is 26.2. The van der Waals surface area contributed by atoms with Crippen LogP contribution in [0.15, 0.2) is 47.5 Å². The van der Waals surface area contributed by atoms with E-state index in [-0.39, 0.29) is 17.1 Å². The van der Waals surface area contributed by atoms with Crippen LogP contribution < -0.4 is 25.6 Å². The number of hydrogen-bond acceptors (Lipinski definition) is 7. The number of carboxylic acids is 2. The van der Waals surface area contributed by atoms with Gasteiger partial charge in [-0.3, -0.25) is 9.59 Å². The number of carbonyl (C=O) groups is 3. The number of ether oxygens (including phenoxy) is 1. The van der Waals surface area contributed by atoms with E-state index in [0.29, 0.717) is 5.69 Å². The molecule has 1 unspecified atom stereocenters. The lowest BCUT2D eigenvalue weighted by Crippen LogP contribution is -2.47. The van der Waals surface area contributed by atoms with Crippen molar-refractivity contribution in [2.45, 2.75) is 19.0 Å². The van der Waals surface area contributed by atoms with Crippen molar-refractivity contribution in [3.63, 3.8) is 0 Å². The zero-order chi connectivity index (χ0) is 25.5. The Bertz CT molecular complexity index is 1210. The smallest absolute Gasteiger partial charge is 0.343 e. The number of aliphatic carboxylic acids is 2. The van der Waals surface area contributed by atoms with E-state index in [0.717, 1.165) is 12.1 Å². The van der Waals surface area contributed by atoms with E-state index in [1.54, 1.807) is 4.72 Å². The molecular formula is C19H20FN5O8S. The van der Waals surface area contributed by atoms with Crippen LogP contribution in [0.25, 0.3) is 0 Å². The molecule has 0 aromatic heterocycles. The summed E-state index contributed by atoms with van der Waals surface area (Å²) in [4.78, 5) is 37.7.